The summed E-state index contributed by atoms with van der Waals surface area (Å²) in [6, 6.07) is 11.3. The molecule has 0 bridgehead atoms. The molecule has 0 spiro atoms. The lowest BCUT2D eigenvalue weighted by molar-refractivity contribution is 0.0673. The maximum Gasteiger partial charge on any atom is 0.254 e. The van der Waals surface area contributed by atoms with E-state index in [1.54, 1.807) is 18.5 Å². The normalized spacial score (nSPS) is 15.9. The van der Waals surface area contributed by atoms with Crippen LogP contribution in [0.4, 0.5) is 0 Å². The predicted molar refractivity (Wildman–Crippen MR) is 124 cm³/mol. The molecule has 0 N–H and O–H groups in total. The van der Waals surface area contributed by atoms with Gasteiger partial charge in [-0.05, 0) is 53.5 Å². The number of carbonyl (C=O) groups is 1. The summed E-state index contributed by atoms with van der Waals surface area (Å²) in [7, 11) is 1.94. The molecular weight excluding hydrogens is 478 g/mol. The lowest BCUT2D eigenvalue weighted by atomic mass is 9.95. The first-order chi connectivity index (χ1) is 14.9. The number of hydrogen-bond donors (Lipinski definition) is 0. The van der Waals surface area contributed by atoms with Gasteiger partial charge < -0.3 is 4.90 Å². The molecule has 4 aromatic rings. The Morgan fingerprint density at radius 2 is 2.00 bits per heavy atom. The first kappa shape index (κ1) is 20.2. The third kappa shape index (κ3) is 3.42. The number of halogens is 2. The quantitative estimate of drug-likeness (QED) is 0.382. The number of fused-ring (bicyclic) bond motifs is 2. The molecule has 6 nitrogen and oxygen atoms in total. The number of aryl methyl sites for hydroxylation is 1. The van der Waals surface area contributed by atoms with E-state index in [1.165, 1.54) is 5.56 Å². The van der Waals surface area contributed by atoms with Gasteiger partial charge in [-0.1, -0.05) is 23.7 Å². The van der Waals surface area contributed by atoms with Gasteiger partial charge in [0.05, 0.1) is 22.9 Å². The molecule has 1 aliphatic heterocycles. The molecule has 8 heteroatoms. The number of carbonyl (C=O) groups excluding carboxylic acids is 1. The van der Waals surface area contributed by atoms with Crippen molar-refractivity contribution in [1.82, 2.24) is 24.6 Å². The fourth-order valence-electron chi connectivity index (χ4n) is 4.34. The summed E-state index contributed by atoms with van der Waals surface area (Å²) in [5, 5.41) is 5.47. The van der Waals surface area contributed by atoms with Crippen molar-refractivity contribution in [3.05, 3.63) is 75.1 Å². The van der Waals surface area contributed by atoms with E-state index >= 15 is 0 Å². The Kier molecular flexibility index (Phi) is 5.02. The minimum Gasteiger partial charge on any atom is -0.330 e. The number of aromatic nitrogens is 4. The van der Waals surface area contributed by atoms with E-state index in [-0.39, 0.29) is 11.9 Å². The van der Waals surface area contributed by atoms with Crippen LogP contribution in [-0.2, 0) is 13.5 Å². The van der Waals surface area contributed by atoms with Gasteiger partial charge in [0.2, 0.25) is 0 Å². The van der Waals surface area contributed by atoms with Crippen LogP contribution in [0.5, 0.6) is 0 Å². The third-order valence-electron chi connectivity index (χ3n) is 5.78. The van der Waals surface area contributed by atoms with E-state index < -0.39 is 0 Å². The van der Waals surface area contributed by atoms with Crippen LogP contribution >= 0.6 is 27.5 Å². The summed E-state index contributed by atoms with van der Waals surface area (Å²) in [6.45, 7) is 2.64. The molecule has 0 saturated heterocycles. The average Bonchev–Trinajstić information content (AvgIpc) is 3.10. The molecule has 0 radical (unpaired) electrons. The lowest BCUT2D eigenvalue weighted by Crippen LogP contribution is -2.39. The van der Waals surface area contributed by atoms with E-state index in [1.807, 2.05) is 53.9 Å². The molecule has 0 fully saturated rings. The van der Waals surface area contributed by atoms with Gasteiger partial charge in [0.1, 0.15) is 5.52 Å². The first-order valence-corrected chi connectivity index (χ1v) is 11.1. The second-order valence-electron chi connectivity index (χ2n) is 7.65. The topological polar surface area (TPSA) is 63.9 Å². The summed E-state index contributed by atoms with van der Waals surface area (Å²) in [4.78, 5) is 24.0. The standard InChI is InChI=1S/C23H19BrClN5O/c1-13-20-17(22(29(2)28-20)14-4-3-5-16(25)10-14)6-9-30(13)23(31)15-11-18(24)21-19(12-15)26-7-8-27-21/h3-5,7-8,10-13H,6,9H2,1-2H3. The Labute approximate surface area is 193 Å². The third-order valence-corrected chi connectivity index (χ3v) is 6.61. The number of benzene rings is 2. The van der Waals surface area contributed by atoms with Crippen molar-refractivity contribution in [2.24, 2.45) is 7.05 Å². The zero-order valence-corrected chi connectivity index (χ0v) is 19.4. The Balaban J connectivity index is 1.51. The Bertz CT molecular complexity index is 1340. The largest absolute Gasteiger partial charge is 0.330 e. The SMILES string of the molecule is CC1c2nn(C)c(-c3cccc(Cl)c3)c2CCN1C(=O)c1cc(Br)c2nccnc2c1. The van der Waals surface area contributed by atoms with Crippen LogP contribution in [0.3, 0.4) is 0 Å². The van der Waals surface area contributed by atoms with Crippen molar-refractivity contribution < 1.29 is 4.79 Å². The minimum absolute atomic E-state index is 0.0404. The van der Waals surface area contributed by atoms with Crippen molar-refractivity contribution in [2.75, 3.05) is 6.54 Å². The van der Waals surface area contributed by atoms with E-state index in [2.05, 4.69) is 25.9 Å². The van der Waals surface area contributed by atoms with Gasteiger partial charge in [-0.15, -0.1) is 0 Å². The first-order valence-electron chi connectivity index (χ1n) is 9.97. The van der Waals surface area contributed by atoms with Crippen molar-refractivity contribution in [3.63, 3.8) is 0 Å². The van der Waals surface area contributed by atoms with Crippen LogP contribution in [0.25, 0.3) is 22.3 Å². The maximum atomic E-state index is 13.4. The molecule has 3 heterocycles. The van der Waals surface area contributed by atoms with Crippen molar-refractivity contribution in [1.29, 1.82) is 0 Å². The number of hydrogen-bond acceptors (Lipinski definition) is 4. The molecule has 0 aliphatic carbocycles. The van der Waals surface area contributed by atoms with Gasteiger partial charge >= 0.3 is 0 Å². The molecule has 31 heavy (non-hydrogen) atoms. The van der Waals surface area contributed by atoms with Gasteiger partial charge in [-0.2, -0.15) is 5.10 Å². The number of nitrogens with zero attached hydrogens (tertiary/aromatic N) is 5. The molecular formula is C23H19BrClN5O. The Morgan fingerprint density at radius 3 is 2.81 bits per heavy atom. The molecule has 1 aliphatic rings. The number of amides is 1. The molecule has 156 valence electrons. The molecule has 1 atom stereocenters. The molecule has 1 amide bonds. The fraction of sp³-hybridized carbons (Fsp3) is 0.217. The fourth-order valence-corrected chi connectivity index (χ4v) is 5.08. The van der Waals surface area contributed by atoms with E-state index in [0.29, 0.717) is 22.6 Å². The zero-order chi connectivity index (χ0) is 21.7. The van der Waals surface area contributed by atoms with Crippen LogP contribution in [0.2, 0.25) is 5.02 Å². The van der Waals surface area contributed by atoms with Gasteiger partial charge in [0.15, 0.2) is 0 Å². The molecule has 2 aromatic carbocycles. The second kappa shape index (κ2) is 7.73. The maximum absolute atomic E-state index is 13.4. The van der Waals surface area contributed by atoms with Crippen LogP contribution in [0.15, 0.2) is 53.3 Å². The van der Waals surface area contributed by atoms with Gasteiger partial charge in [-0.25, -0.2) is 0 Å². The summed E-state index contributed by atoms with van der Waals surface area (Å²) < 4.78 is 2.65. The van der Waals surface area contributed by atoms with Crippen molar-refractivity contribution >= 4 is 44.5 Å². The van der Waals surface area contributed by atoms with Crippen molar-refractivity contribution in [2.45, 2.75) is 19.4 Å². The smallest absolute Gasteiger partial charge is 0.254 e. The van der Waals surface area contributed by atoms with Gasteiger partial charge in [0, 0.05) is 52.2 Å². The summed E-state index contributed by atoms with van der Waals surface area (Å²) in [5.41, 5.74) is 6.20. The van der Waals surface area contributed by atoms with E-state index in [9.17, 15) is 4.79 Å². The van der Waals surface area contributed by atoms with E-state index in [4.69, 9.17) is 16.7 Å². The number of rotatable bonds is 2. The highest BCUT2D eigenvalue weighted by Gasteiger charge is 2.33. The second-order valence-corrected chi connectivity index (χ2v) is 8.94. The highest BCUT2D eigenvalue weighted by Crippen LogP contribution is 2.37. The van der Waals surface area contributed by atoms with Gasteiger partial charge in [-0.3, -0.25) is 19.4 Å². The summed E-state index contributed by atoms with van der Waals surface area (Å²) in [6.07, 6.45) is 4.00. The molecule has 2 aromatic heterocycles. The van der Waals surface area contributed by atoms with Crippen LogP contribution < -0.4 is 0 Å². The predicted octanol–water partition coefficient (Wildman–Crippen LogP) is 5.21. The molecule has 5 rings (SSSR count). The van der Waals surface area contributed by atoms with Crippen molar-refractivity contribution in [3.8, 4) is 11.3 Å². The van der Waals surface area contributed by atoms with Crippen LogP contribution in [-0.4, -0.2) is 37.1 Å². The molecule has 0 saturated carbocycles. The Morgan fingerprint density at radius 1 is 1.19 bits per heavy atom. The van der Waals surface area contributed by atoms with E-state index in [0.717, 1.165) is 33.4 Å². The van der Waals surface area contributed by atoms with Gasteiger partial charge in [0.25, 0.3) is 5.91 Å². The zero-order valence-electron chi connectivity index (χ0n) is 17.0. The summed E-state index contributed by atoms with van der Waals surface area (Å²) in [5.74, 6) is -0.0404. The Hall–Kier alpha value is -2.77. The summed E-state index contributed by atoms with van der Waals surface area (Å²) >= 11 is 9.74. The highest BCUT2D eigenvalue weighted by molar-refractivity contribution is 9.10. The highest BCUT2D eigenvalue weighted by atomic mass is 79.9. The van der Waals surface area contributed by atoms with Crippen LogP contribution in [0, 0.1) is 0 Å². The average molecular weight is 497 g/mol. The van der Waals surface area contributed by atoms with Crippen LogP contribution in [0.1, 0.15) is 34.6 Å². The molecule has 1 unspecified atom stereocenters. The minimum atomic E-state index is -0.147. The lowest BCUT2D eigenvalue weighted by Gasteiger charge is -2.33. The monoisotopic (exact) mass is 495 g/mol.